The van der Waals surface area contributed by atoms with E-state index in [1.165, 1.54) is 6.07 Å². The largest absolute Gasteiger partial charge is 0.356 e. The van der Waals surface area contributed by atoms with Crippen LogP contribution in [0.1, 0.15) is 24.1 Å². The first kappa shape index (κ1) is 16.8. The average Bonchev–Trinajstić information content (AvgIpc) is 3.30. The normalized spacial score (nSPS) is 14.9. The molecule has 1 saturated carbocycles. The monoisotopic (exact) mass is 370 g/mol. The van der Waals surface area contributed by atoms with Gasteiger partial charge in [0.25, 0.3) is 0 Å². The zero-order valence-electron chi connectivity index (χ0n) is 14.1. The summed E-state index contributed by atoms with van der Waals surface area (Å²) < 4.78 is 19.2. The number of aryl methyl sites for hydroxylation is 1. The molecular formula is C20H16ClFN2O2. The molecule has 0 radical (unpaired) electrons. The second-order valence-electron chi connectivity index (χ2n) is 6.56. The standard InChI is InChI=1S/C20H16ClFN2O2/c1-12-6-7-13(10-15(12)21)23-19(25)20(8-9-20)18-11-17(26-24-18)14-4-2-3-5-16(14)22/h2-7,10-11H,8-9H2,1H3,(H,23,25). The molecular weight excluding hydrogens is 355 g/mol. The SMILES string of the molecule is Cc1ccc(NC(=O)C2(c3cc(-c4ccccc4F)on3)CC2)cc1Cl. The highest BCUT2D eigenvalue weighted by molar-refractivity contribution is 6.31. The van der Waals surface area contributed by atoms with Gasteiger partial charge in [0.15, 0.2) is 5.76 Å². The summed E-state index contributed by atoms with van der Waals surface area (Å²) in [6.45, 7) is 1.90. The Hall–Kier alpha value is -2.66. The molecule has 1 heterocycles. The van der Waals surface area contributed by atoms with Crippen molar-refractivity contribution in [3.8, 4) is 11.3 Å². The summed E-state index contributed by atoms with van der Waals surface area (Å²) >= 11 is 6.12. The van der Waals surface area contributed by atoms with E-state index in [9.17, 15) is 9.18 Å². The number of halogens is 2. The first-order valence-corrected chi connectivity index (χ1v) is 8.67. The number of nitrogens with one attached hydrogen (secondary N) is 1. The van der Waals surface area contributed by atoms with E-state index >= 15 is 0 Å². The van der Waals surface area contributed by atoms with Gasteiger partial charge in [-0.25, -0.2) is 4.39 Å². The summed E-state index contributed by atoms with van der Waals surface area (Å²) in [6, 6.07) is 13.3. The van der Waals surface area contributed by atoms with Crippen LogP contribution in [0.25, 0.3) is 11.3 Å². The Balaban J connectivity index is 1.58. The molecule has 132 valence electrons. The summed E-state index contributed by atoms with van der Waals surface area (Å²) in [5.74, 6) is -0.236. The number of aromatic nitrogens is 1. The van der Waals surface area contributed by atoms with E-state index in [2.05, 4.69) is 10.5 Å². The topological polar surface area (TPSA) is 55.1 Å². The summed E-state index contributed by atoms with van der Waals surface area (Å²) in [6.07, 6.45) is 1.34. The maximum absolute atomic E-state index is 13.9. The molecule has 0 unspecified atom stereocenters. The van der Waals surface area contributed by atoms with E-state index in [-0.39, 0.29) is 5.91 Å². The smallest absolute Gasteiger partial charge is 0.236 e. The third kappa shape index (κ3) is 2.88. The van der Waals surface area contributed by atoms with Gasteiger partial charge in [-0.3, -0.25) is 4.79 Å². The number of nitrogens with zero attached hydrogens (tertiary/aromatic N) is 1. The average molecular weight is 371 g/mol. The maximum atomic E-state index is 13.9. The van der Waals surface area contributed by atoms with Gasteiger partial charge in [-0.1, -0.05) is 35.0 Å². The number of hydrogen-bond donors (Lipinski definition) is 1. The molecule has 0 saturated heterocycles. The molecule has 0 aliphatic heterocycles. The minimum atomic E-state index is -0.732. The predicted octanol–water partition coefficient (Wildman–Crippen LogP) is 5.11. The summed E-state index contributed by atoms with van der Waals surface area (Å²) in [5, 5.41) is 7.52. The van der Waals surface area contributed by atoms with E-state index in [0.717, 1.165) is 5.56 Å². The lowest BCUT2D eigenvalue weighted by molar-refractivity contribution is -0.118. The molecule has 1 aliphatic rings. The van der Waals surface area contributed by atoms with Gasteiger partial charge >= 0.3 is 0 Å². The quantitative estimate of drug-likeness (QED) is 0.694. The number of carbonyl (C=O) groups excluding carboxylic acids is 1. The van der Waals surface area contributed by atoms with Gasteiger partial charge < -0.3 is 9.84 Å². The number of benzene rings is 2. The van der Waals surface area contributed by atoms with Crippen molar-refractivity contribution >= 4 is 23.2 Å². The minimum absolute atomic E-state index is 0.161. The summed E-state index contributed by atoms with van der Waals surface area (Å²) in [7, 11) is 0. The van der Waals surface area contributed by atoms with Crippen LogP contribution in [0.5, 0.6) is 0 Å². The summed E-state index contributed by atoms with van der Waals surface area (Å²) in [4.78, 5) is 12.8. The third-order valence-electron chi connectivity index (χ3n) is 4.75. The molecule has 0 spiro atoms. The van der Waals surface area contributed by atoms with Crippen molar-refractivity contribution in [1.82, 2.24) is 5.16 Å². The predicted molar refractivity (Wildman–Crippen MR) is 97.6 cm³/mol. The fraction of sp³-hybridized carbons (Fsp3) is 0.200. The van der Waals surface area contributed by atoms with Crippen LogP contribution >= 0.6 is 11.6 Å². The molecule has 4 nitrogen and oxygen atoms in total. The van der Waals surface area contributed by atoms with Crippen molar-refractivity contribution in [2.75, 3.05) is 5.32 Å². The first-order chi connectivity index (χ1) is 12.5. The molecule has 1 aromatic heterocycles. The lowest BCUT2D eigenvalue weighted by atomic mass is 10.00. The second-order valence-corrected chi connectivity index (χ2v) is 6.96. The summed E-state index contributed by atoms with van der Waals surface area (Å²) in [5.41, 5.74) is 1.69. The molecule has 0 atom stereocenters. The van der Waals surface area contributed by atoms with E-state index in [1.54, 1.807) is 30.3 Å². The van der Waals surface area contributed by atoms with Crippen LogP contribution in [0.3, 0.4) is 0 Å². The van der Waals surface area contributed by atoms with E-state index in [4.69, 9.17) is 16.1 Å². The van der Waals surface area contributed by atoms with E-state index < -0.39 is 11.2 Å². The van der Waals surface area contributed by atoms with Crippen molar-refractivity contribution in [2.24, 2.45) is 0 Å². The highest BCUT2D eigenvalue weighted by Crippen LogP contribution is 2.49. The van der Waals surface area contributed by atoms with Gasteiger partial charge in [0.2, 0.25) is 5.91 Å². The van der Waals surface area contributed by atoms with Crippen LogP contribution in [-0.2, 0) is 10.2 Å². The zero-order valence-corrected chi connectivity index (χ0v) is 14.8. The Morgan fingerprint density at radius 1 is 1.23 bits per heavy atom. The minimum Gasteiger partial charge on any atom is -0.356 e. The van der Waals surface area contributed by atoms with Gasteiger partial charge in [-0.05, 0) is 49.6 Å². The van der Waals surface area contributed by atoms with Crippen molar-refractivity contribution < 1.29 is 13.7 Å². The van der Waals surface area contributed by atoms with Crippen LogP contribution in [0.2, 0.25) is 5.02 Å². The molecule has 0 bridgehead atoms. The number of carbonyl (C=O) groups is 1. The van der Waals surface area contributed by atoms with Crippen molar-refractivity contribution in [1.29, 1.82) is 0 Å². The lowest BCUT2D eigenvalue weighted by Crippen LogP contribution is -2.28. The molecule has 2 aromatic carbocycles. The Kier molecular flexibility index (Phi) is 4.04. The number of amides is 1. The number of hydrogen-bond acceptors (Lipinski definition) is 3. The molecule has 1 aliphatic carbocycles. The molecule has 6 heteroatoms. The number of rotatable bonds is 4. The van der Waals surface area contributed by atoms with Crippen LogP contribution in [0.4, 0.5) is 10.1 Å². The van der Waals surface area contributed by atoms with Crippen LogP contribution < -0.4 is 5.32 Å². The zero-order chi connectivity index (χ0) is 18.3. The molecule has 1 amide bonds. The number of anilines is 1. The Bertz CT molecular complexity index is 995. The first-order valence-electron chi connectivity index (χ1n) is 8.29. The Labute approximate surface area is 155 Å². The second kappa shape index (κ2) is 6.25. The maximum Gasteiger partial charge on any atom is 0.236 e. The Morgan fingerprint density at radius 2 is 2.00 bits per heavy atom. The highest BCUT2D eigenvalue weighted by Gasteiger charge is 2.53. The fourth-order valence-electron chi connectivity index (χ4n) is 2.93. The van der Waals surface area contributed by atoms with E-state index in [0.29, 0.717) is 40.6 Å². The molecule has 1 N–H and O–H groups in total. The van der Waals surface area contributed by atoms with Crippen LogP contribution in [0.15, 0.2) is 53.1 Å². The lowest BCUT2D eigenvalue weighted by Gasteiger charge is -2.13. The third-order valence-corrected chi connectivity index (χ3v) is 5.16. The molecule has 1 fully saturated rings. The molecule has 26 heavy (non-hydrogen) atoms. The van der Waals surface area contributed by atoms with Gasteiger partial charge in [-0.2, -0.15) is 0 Å². The van der Waals surface area contributed by atoms with Crippen LogP contribution in [-0.4, -0.2) is 11.1 Å². The van der Waals surface area contributed by atoms with Gasteiger partial charge in [-0.15, -0.1) is 0 Å². The fourth-order valence-corrected chi connectivity index (χ4v) is 3.12. The van der Waals surface area contributed by atoms with E-state index in [1.807, 2.05) is 19.1 Å². The van der Waals surface area contributed by atoms with Crippen molar-refractivity contribution in [2.45, 2.75) is 25.2 Å². The van der Waals surface area contributed by atoms with Gasteiger partial charge in [0.1, 0.15) is 5.82 Å². The highest BCUT2D eigenvalue weighted by atomic mass is 35.5. The molecule has 3 aromatic rings. The van der Waals surface area contributed by atoms with Gasteiger partial charge in [0.05, 0.1) is 16.7 Å². The van der Waals surface area contributed by atoms with Gasteiger partial charge in [0, 0.05) is 16.8 Å². The Morgan fingerprint density at radius 3 is 2.69 bits per heavy atom. The van der Waals surface area contributed by atoms with Crippen molar-refractivity contribution in [3.63, 3.8) is 0 Å². The van der Waals surface area contributed by atoms with Crippen LogP contribution in [0, 0.1) is 12.7 Å². The molecule has 4 rings (SSSR count). The van der Waals surface area contributed by atoms with Crippen molar-refractivity contribution in [3.05, 3.63) is 70.6 Å².